The second-order valence-electron chi connectivity index (χ2n) is 16.4. The summed E-state index contributed by atoms with van der Waals surface area (Å²) in [4.78, 5) is 0. The molecule has 0 radical (unpaired) electrons. The summed E-state index contributed by atoms with van der Waals surface area (Å²) in [5, 5.41) is 0. The average molecular weight is 729 g/mol. The third-order valence-electron chi connectivity index (χ3n) is 12.0. The zero-order chi connectivity index (χ0) is 38.2. The predicted molar refractivity (Wildman–Crippen MR) is 239 cm³/mol. The Balaban J connectivity index is 1.47. The maximum absolute atomic E-state index is 6.11. The minimum Gasteiger partial charge on any atom is -0.399 e. The summed E-state index contributed by atoms with van der Waals surface area (Å²) in [5.41, 5.74) is 22.5. The van der Waals surface area contributed by atoms with Crippen molar-refractivity contribution in [2.45, 2.75) is 180 Å². The molecule has 0 fully saturated rings. The molecular weight excluding hydrogens is 653 g/mol. The summed E-state index contributed by atoms with van der Waals surface area (Å²) in [6.07, 6.45) is 28.7. The monoisotopic (exact) mass is 729 g/mol. The van der Waals surface area contributed by atoms with Crippen molar-refractivity contribution < 1.29 is 0 Å². The van der Waals surface area contributed by atoms with E-state index in [0.717, 1.165) is 17.8 Å². The molecule has 0 amide bonds. The average Bonchev–Trinajstić information content (AvgIpc) is 3.20. The lowest BCUT2D eigenvalue weighted by Crippen LogP contribution is -2.07. The predicted octanol–water partition coefficient (Wildman–Crippen LogP) is 15.7. The highest BCUT2D eigenvalue weighted by Crippen LogP contribution is 2.35. The first-order valence-corrected chi connectivity index (χ1v) is 22.4. The van der Waals surface area contributed by atoms with Crippen molar-refractivity contribution in [3.8, 4) is 0 Å². The first-order chi connectivity index (χ1) is 26.5. The number of nitrogen functional groups attached to an aromatic ring is 2. The Morgan fingerprint density at radius 2 is 0.630 bits per heavy atom. The fourth-order valence-corrected chi connectivity index (χ4v) is 8.49. The largest absolute Gasteiger partial charge is 0.399 e. The molecule has 4 rings (SSSR count). The molecule has 3 atom stereocenters. The summed E-state index contributed by atoms with van der Waals surface area (Å²) in [6.45, 7) is 6.91. The van der Waals surface area contributed by atoms with Gasteiger partial charge in [0, 0.05) is 23.2 Å². The minimum absolute atomic E-state index is 0.417. The first-order valence-electron chi connectivity index (χ1n) is 22.4. The fourth-order valence-electron chi connectivity index (χ4n) is 8.49. The van der Waals surface area contributed by atoms with E-state index in [-0.39, 0.29) is 0 Å². The number of anilines is 2. The van der Waals surface area contributed by atoms with Crippen LogP contribution in [0, 0.1) is 0 Å². The van der Waals surface area contributed by atoms with Gasteiger partial charge in [-0.1, -0.05) is 209 Å². The maximum atomic E-state index is 6.11. The van der Waals surface area contributed by atoms with Gasteiger partial charge in [-0.2, -0.15) is 0 Å². The summed E-state index contributed by atoms with van der Waals surface area (Å²) < 4.78 is 0. The van der Waals surface area contributed by atoms with Crippen molar-refractivity contribution in [3.63, 3.8) is 0 Å². The Morgan fingerprint density at radius 3 is 1.04 bits per heavy atom. The van der Waals surface area contributed by atoms with Crippen LogP contribution < -0.4 is 11.5 Å². The zero-order valence-electron chi connectivity index (χ0n) is 34.7. The lowest BCUT2D eigenvalue weighted by Gasteiger charge is -2.22. The van der Waals surface area contributed by atoms with Crippen LogP contribution in [0.5, 0.6) is 0 Å². The van der Waals surface area contributed by atoms with Gasteiger partial charge in [0.25, 0.3) is 0 Å². The van der Waals surface area contributed by atoms with Crippen LogP contribution >= 0.6 is 0 Å². The summed E-state index contributed by atoms with van der Waals surface area (Å²) in [7, 11) is 0. The molecule has 0 saturated carbocycles. The molecular formula is C52H76N2. The highest BCUT2D eigenvalue weighted by Gasteiger charge is 2.19. The fraction of sp³-hybridized carbons (Fsp3) is 0.538. The second kappa shape index (κ2) is 25.5. The Bertz CT molecular complexity index is 1500. The van der Waals surface area contributed by atoms with Gasteiger partial charge < -0.3 is 11.5 Å². The quantitative estimate of drug-likeness (QED) is 0.0452. The maximum Gasteiger partial charge on any atom is 0.0314 e. The molecule has 0 saturated heterocycles. The SMILES string of the molecule is CCCCCCCCCC(c1ccc(N)cc1)c1ccc(CC(CCCCCC)c2ccc(C(CCCCCCCCC)c3ccc(N)cc3)cc2)cc1. The molecule has 0 bridgehead atoms. The van der Waals surface area contributed by atoms with Crippen molar-refractivity contribution in [1.29, 1.82) is 0 Å². The molecule has 3 unspecified atom stereocenters. The Hall–Kier alpha value is -3.52. The number of unbranched alkanes of at least 4 members (excludes halogenated alkanes) is 15. The Morgan fingerprint density at radius 1 is 0.333 bits per heavy atom. The van der Waals surface area contributed by atoms with Crippen molar-refractivity contribution in [2.75, 3.05) is 11.5 Å². The molecule has 0 aliphatic heterocycles. The van der Waals surface area contributed by atoms with Gasteiger partial charge in [-0.3, -0.25) is 0 Å². The highest BCUT2D eigenvalue weighted by molar-refractivity contribution is 5.44. The van der Waals surface area contributed by atoms with E-state index in [4.69, 9.17) is 11.5 Å². The van der Waals surface area contributed by atoms with Crippen LogP contribution in [0.25, 0.3) is 0 Å². The molecule has 0 aliphatic carbocycles. The molecule has 294 valence electrons. The lowest BCUT2D eigenvalue weighted by atomic mass is 9.82. The number of nitrogens with two attached hydrogens (primary N) is 2. The van der Waals surface area contributed by atoms with Gasteiger partial charge in [-0.05, 0) is 89.2 Å². The minimum atomic E-state index is 0.417. The molecule has 4 aromatic rings. The Labute approximate surface area is 332 Å². The van der Waals surface area contributed by atoms with Gasteiger partial charge in [0.2, 0.25) is 0 Å². The van der Waals surface area contributed by atoms with E-state index in [1.165, 1.54) is 168 Å². The first kappa shape index (κ1) is 43.2. The zero-order valence-corrected chi connectivity index (χ0v) is 34.7. The van der Waals surface area contributed by atoms with E-state index in [1.54, 1.807) is 0 Å². The molecule has 4 aromatic carbocycles. The van der Waals surface area contributed by atoms with Crippen LogP contribution in [0.4, 0.5) is 11.4 Å². The normalized spacial score (nSPS) is 13.2. The van der Waals surface area contributed by atoms with Crippen LogP contribution in [-0.4, -0.2) is 0 Å². The topological polar surface area (TPSA) is 52.0 Å². The van der Waals surface area contributed by atoms with Crippen molar-refractivity contribution in [2.24, 2.45) is 0 Å². The van der Waals surface area contributed by atoms with Crippen LogP contribution in [0.2, 0.25) is 0 Å². The van der Waals surface area contributed by atoms with Crippen molar-refractivity contribution >= 4 is 11.4 Å². The van der Waals surface area contributed by atoms with E-state index in [9.17, 15) is 0 Å². The van der Waals surface area contributed by atoms with E-state index in [2.05, 4.69) is 118 Å². The molecule has 0 aromatic heterocycles. The van der Waals surface area contributed by atoms with E-state index >= 15 is 0 Å². The van der Waals surface area contributed by atoms with Gasteiger partial charge in [-0.25, -0.2) is 0 Å². The molecule has 0 spiro atoms. The molecule has 0 aliphatic rings. The van der Waals surface area contributed by atoms with Gasteiger partial charge in [0.15, 0.2) is 0 Å². The molecule has 2 nitrogen and oxygen atoms in total. The summed E-state index contributed by atoms with van der Waals surface area (Å²) in [6, 6.07) is 36.8. The van der Waals surface area contributed by atoms with Gasteiger partial charge in [0.1, 0.15) is 0 Å². The van der Waals surface area contributed by atoms with Crippen LogP contribution in [0.1, 0.15) is 207 Å². The van der Waals surface area contributed by atoms with Crippen molar-refractivity contribution in [3.05, 3.63) is 130 Å². The number of rotatable bonds is 28. The number of benzene rings is 4. The number of hydrogen-bond acceptors (Lipinski definition) is 2. The van der Waals surface area contributed by atoms with E-state index in [1.807, 2.05) is 0 Å². The number of hydrogen-bond donors (Lipinski definition) is 2. The summed E-state index contributed by atoms with van der Waals surface area (Å²) in [5.74, 6) is 1.36. The smallest absolute Gasteiger partial charge is 0.0314 e. The van der Waals surface area contributed by atoms with E-state index in [0.29, 0.717) is 17.8 Å². The molecule has 4 N–H and O–H groups in total. The highest BCUT2D eigenvalue weighted by atomic mass is 14.5. The second-order valence-corrected chi connectivity index (χ2v) is 16.4. The van der Waals surface area contributed by atoms with Gasteiger partial charge in [-0.15, -0.1) is 0 Å². The molecule has 2 heteroatoms. The molecule has 54 heavy (non-hydrogen) atoms. The van der Waals surface area contributed by atoms with Gasteiger partial charge >= 0.3 is 0 Å². The van der Waals surface area contributed by atoms with Crippen LogP contribution in [0.3, 0.4) is 0 Å². The lowest BCUT2D eigenvalue weighted by molar-refractivity contribution is 0.549. The standard InChI is InChI=1S/C52H76N2/c1-4-7-10-13-15-17-20-23-51(46-33-37-49(53)38-34-46)44-27-25-42(26-28-44)41-48(22-19-12-9-6-3)43-29-31-45(32-30-43)52(47-35-39-50(54)40-36-47)24-21-18-16-14-11-8-5-2/h25-40,48,51-52H,4-24,41,53-54H2,1-3H3. The summed E-state index contributed by atoms with van der Waals surface area (Å²) >= 11 is 0. The Kier molecular flexibility index (Phi) is 20.4. The van der Waals surface area contributed by atoms with Crippen LogP contribution in [0.15, 0.2) is 97.1 Å². The van der Waals surface area contributed by atoms with Crippen molar-refractivity contribution in [1.82, 2.24) is 0 Å². The third-order valence-corrected chi connectivity index (χ3v) is 12.0. The van der Waals surface area contributed by atoms with E-state index < -0.39 is 0 Å². The molecule has 0 heterocycles. The van der Waals surface area contributed by atoms with Crippen LogP contribution in [-0.2, 0) is 6.42 Å². The third kappa shape index (κ3) is 15.3. The van der Waals surface area contributed by atoms with Gasteiger partial charge in [0.05, 0.1) is 0 Å².